The first-order valence-corrected chi connectivity index (χ1v) is 6.93. The maximum absolute atomic E-state index is 11.1. The van der Waals surface area contributed by atoms with E-state index in [1.165, 1.54) is 10.5 Å². The molecule has 1 fully saturated rings. The average Bonchev–Trinajstić information content (AvgIpc) is 2.33. The third-order valence-corrected chi connectivity index (χ3v) is 4.47. The van der Waals surface area contributed by atoms with Crippen molar-refractivity contribution in [1.82, 2.24) is 0 Å². The van der Waals surface area contributed by atoms with Crippen LogP contribution in [0.25, 0.3) is 0 Å². The first-order valence-electron chi connectivity index (χ1n) is 6.05. The SMILES string of the molecule is CCc1ccc(SC2CCC(=O)CC2)cc1. The molecule has 1 nitrogen and oxygen atoms in total. The predicted molar refractivity (Wildman–Crippen MR) is 68.9 cm³/mol. The van der Waals surface area contributed by atoms with Crippen molar-refractivity contribution in [1.29, 1.82) is 0 Å². The molecule has 0 aromatic heterocycles. The third-order valence-electron chi connectivity index (χ3n) is 3.12. The number of thioether (sulfide) groups is 1. The van der Waals surface area contributed by atoms with Crippen molar-refractivity contribution in [2.75, 3.05) is 0 Å². The standard InChI is InChI=1S/C14H18OS/c1-2-11-3-7-13(8-4-11)16-14-9-5-12(15)6-10-14/h3-4,7-8,14H,2,5-6,9-10H2,1H3. The summed E-state index contributed by atoms with van der Waals surface area (Å²) in [6, 6.07) is 8.83. The van der Waals surface area contributed by atoms with E-state index in [1.54, 1.807) is 0 Å². The van der Waals surface area contributed by atoms with Crippen LogP contribution < -0.4 is 0 Å². The van der Waals surface area contributed by atoms with Gasteiger partial charge in [-0.2, -0.15) is 0 Å². The van der Waals surface area contributed by atoms with Crippen molar-refractivity contribution in [3.05, 3.63) is 29.8 Å². The second-order valence-corrected chi connectivity index (χ2v) is 5.73. The van der Waals surface area contributed by atoms with Crippen molar-refractivity contribution in [2.45, 2.75) is 49.2 Å². The van der Waals surface area contributed by atoms with E-state index in [0.717, 1.165) is 32.1 Å². The van der Waals surface area contributed by atoms with Gasteiger partial charge in [0.15, 0.2) is 0 Å². The van der Waals surface area contributed by atoms with Gasteiger partial charge in [0.2, 0.25) is 0 Å². The van der Waals surface area contributed by atoms with Crippen molar-refractivity contribution in [2.24, 2.45) is 0 Å². The van der Waals surface area contributed by atoms with E-state index < -0.39 is 0 Å². The van der Waals surface area contributed by atoms with Crippen LogP contribution in [-0.4, -0.2) is 11.0 Å². The highest BCUT2D eigenvalue weighted by atomic mass is 32.2. The van der Waals surface area contributed by atoms with Gasteiger partial charge in [-0.15, -0.1) is 11.8 Å². The molecular formula is C14H18OS. The van der Waals surface area contributed by atoms with Gasteiger partial charge >= 0.3 is 0 Å². The molecule has 0 saturated heterocycles. The van der Waals surface area contributed by atoms with E-state index in [9.17, 15) is 4.79 Å². The van der Waals surface area contributed by atoms with Crippen LogP contribution in [-0.2, 0) is 11.2 Å². The molecule has 1 aliphatic carbocycles. The van der Waals surface area contributed by atoms with E-state index in [4.69, 9.17) is 0 Å². The lowest BCUT2D eigenvalue weighted by molar-refractivity contribution is -0.120. The Morgan fingerprint density at radius 3 is 2.38 bits per heavy atom. The molecule has 0 bridgehead atoms. The maximum atomic E-state index is 11.1. The fourth-order valence-electron chi connectivity index (χ4n) is 2.03. The molecule has 0 heterocycles. The molecule has 86 valence electrons. The van der Waals surface area contributed by atoms with Gasteiger partial charge in [-0.25, -0.2) is 0 Å². The van der Waals surface area contributed by atoms with Gasteiger partial charge in [0.05, 0.1) is 0 Å². The first kappa shape index (κ1) is 11.7. The van der Waals surface area contributed by atoms with Gasteiger partial charge in [0.1, 0.15) is 5.78 Å². The highest BCUT2D eigenvalue weighted by Gasteiger charge is 2.19. The number of ketones is 1. The van der Waals surface area contributed by atoms with E-state index in [-0.39, 0.29) is 0 Å². The Morgan fingerprint density at radius 2 is 1.81 bits per heavy atom. The number of rotatable bonds is 3. The van der Waals surface area contributed by atoms with Crippen LogP contribution in [0.15, 0.2) is 29.2 Å². The van der Waals surface area contributed by atoms with E-state index in [2.05, 4.69) is 31.2 Å². The number of hydrogen-bond acceptors (Lipinski definition) is 2. The quantitative estimate of drug-likeness (QED) is 0.790. The van der Waals surface area contributed by atoms with Crippen LogP contribution in [0.2, 0.25) is 0 Å². The van der Waals surface area contributed by atoms with Crippen LogP contribution in [0.5, 0.6) is 0 Å². The largest absolute Gasteiger partial charge is 0.300 e. The Balaban J connectivity index is 1.90. The molecule has 0 amide bonds. The topological polar surface area (TPSA) is 17.1 Å². The van der Waals surface area contributed by atoms with Gasteiger partial charge in [-0.1, -0.05) is 19.1 Å². The number of aryl methyl sites for hydroxylation is 1. The molecule has 0 spiro atoms. The highest BCUT2D eigenvalue weighted by Crippen LogP contribution is 2.32. The van der Waals surface area contributed by atoms with E-state index in [0.29, 0.717) is 11.0 Å². The molecule has 0 aliphatic heterocycles. The van der Waals surface area contributed by atoms with Gasteiger partial charge in [-0.05, 0) is 37.0 Å². The van der Waals surface area contributed by atoms with Crippen molar-refractivity contribution in [3.8, 4) is 0 Å². The zero-order chi connectivity index (χ0) is 11.4. The lowest BCUT2D eigenvalue weighted by Crippen LogP contribution is -2.15. The van der Waals surface area contributed by atoms with Crippen LogP contribution in [0.4, 0.5) is 0 Å². The molecule has 0 unspecified atom stereocenters. The van der Waals surface area contributed by atoms with Crippen LogP contribution >= 0.6 is 11.8 Å². The summed E-state index contributed by atoms with van der Waals surface area (Å²) in [5, 5.41) is 0.644. The molecular weight excluding hydrogens is 216 g/mol. The molecule has 0 radical (unpaired) electrons. The third kappa shape index (κ3) is 3.11. The zero-order valence-corrected chi connectivity index (χ0v) is 10.6. The van der Waals surface area contributed by atoms with E-state index in [1.807, 2.05) is 11.8 Å². The second kappa shape index (κ2) is 5.53. The molecule has 1 aromatic rings. The minimum absolute atomic E-state index is 0.443. The summed E-state index contributed by atoms with van der Waals surface area (Å²) in [5.74, 6) is 0.443. The van der Waals surface area contributed by atoms with Gasteiger partial charge in [0.25, 0.3) is 0 Å². The summed E-state index contributed by atoms with van der Waals surface area (Å²) in [6.45, 7) is 2.18. The van der Waals surface area contributed by atoms with Gasteiger partial charge in [0, 0.05) is 23.0 Å². The zero-order valence-electron chi connectivity index (χ0n) is 9.74. The van der Waals surface area contributed by atoms with Crippen molar-refractivity contribution in [3.63, 3.8) is 0 Å². The van der Waals surface area contributed by atoms with Crippen LogP contribution in [0.1, 0.15) is 38.2 Å². The lowest BCUT2D eigenvalue weighted by atomic mass is 9.99. The second-order valence-electron chi connectivity index (χ2n) is 4.35. The van der Waals surface area contributed by atoms with E-state index >= 15 is 0 Å². The molecule has 1 saturated carbocycles. The molecule has 0 atom stereocenters. The fraction of sp³-hybridized carbons (Fsp3) is 0.500. The Labute approximate surface area is 102 Å². The minimum atomic E-state index is 0.443. The van der Waals surface area contributed by atoms with Crippen LogP contribution in [0, 0.1) is 0 Å². The Kier molecular flexibility index (Phi) is 4.05. The number of carbonyl (C=O) groups is 1. The number of Topliss-reactive ketones (excluding diaryl/α,β-unsaturated/α-hetero) is 1. The summed E-state index contributed by atoms with van der Waals surface area (Å²) in [4.78, 5) is 12.5. The summed E-state index contributed by atoms with van der Waals surface area (Å²) >= 11 is 1.93. The Hall–Kier alpha value is -0.760. The highest BCUT2D eigenvalue weighted by molar-refractivity contribution is 8.00. The van der Waals surface area contributed by atoms with Gasteiger partial charge < -0.3 is 0 Å². The smallest absolute Gasteiger partial charge is 0.132 e. The molecule has 2 heteroatoms. The van der Waals surface area contributed by atoms with Crippen molar-refractivity contribution >= 4 is 17.5 Å². The number of benzene rings is 1. The summed E-state index contributed by atoms with van der Waals surface area (Å²) in [6.07, 6.45) is 4.77. The Bertz CT molecular complexity index is 346. The monoisotopic (exact) mass is 234 g/mol. The fourth-order valence-corrected chi connectivity index (χ4v) is 3.18. The molecule has 16 heavy (non-hydrogen) atoms. The Morgan fingerprint density at radius 1 is 1.19 bits per heavy atom. The number of hydrogen-bond donors (Lipinski definition) is 0. The maximum Gasteiger partial charge on any atom is 0.132 e. The molecule has 1 aliphatic rings. The minimum Gasteiger partial charge on any atom is -0.300 e. The van der Waals surface area contributed by atoms with Crippen molar-refractivity contribution < 1.29 is 4.79 Å². The predicted octanol–water partition coefficient (Wildman–Crippen LogP) is 3.85. The summed E-state index contributed by atoms with van der Waals surface area (Å²) in [7, 11) is 0. The molecule has 2 rings (SSSR count). The van der Waals surface area contributed by atoms with Crippen LogP contribution in [0.3, 0.4) is 0 Å². The molecule has 0 N–H and O–H groups in total. The summed E-state index contributed by atoms with van der Waals surface area (Å²) in [5.41, 5.74) is 1.39. The van der Waals surface area contributed by atoms with Gasteiger partial charge in [-0.3, -0.25) is 4.79 Å². The normalized spacial score (nSPS) is 17.7. The first-order chi connectivity index (χ1) is 7.78. The lowest BCUT2D eigenvalue weighted by Gasteiger charge is -2.20. The number of carbonyl (C=O) groups excluding carboxylic acids is 1. The molecule has 1 aromatic carbocycles. The summed E-state index contributed by atoms with van der Waals surface area (Å²) < 4.78 is 0. The average molecular weight is 234 g/mol.